The van der Waals surface area contributed by atoms with Crippen molar-refractivity contribution in [3.05, 3.63) is 35.9 Å². The Morgan fingerprint density at radius 3 is 2.28 bits per heavy atom. The number of benzene rings is 1. The van der Waals surface area contributed by atoms with Crippen molar-refractivity contribution in [3.63, 3.8) is 0 Å². The lowest BCUT2D eigenvalue weighted by Gasteiger charge is -2.41. The smallest absolute Gasteiger partial charge is 0.223 e. The average molecular weight is 442 g/mol. The number of amides is 2. The first-order valence-corrected chi connectivity index (χ1v) is 13.0. The van der Waals surface area contributed by atoms with E-state index in [1.54, 1.807) is 0 Å². The number of carbonyl (C=O) groups is 2. The number of unbranched alkanes of at least 4 members (excludes halogenated alkanes) is 4. The topological polar surface area (TPSA) is 52.7 Å². The molecule has 1 N–H and O–H groups in total. The summed E-state index contributed by atoms with van der Waals surface area (Å²) in [7, 11) is 0. The Morgan fingerprint density at radius 2 is 1.59 bits per heavy atom. The number of nitrogens with one attached hydrogen (secondary N) is 1. The maximum atomic E-state index is 12.6. The molecular formula is C27H43N3O2. The van der Waals surface area contributed by atoms with Gasteiger partial charge < -0.3 is 15.1 Å². The lowest BCUT2D eigenvalue weighted by atomic mass is 9.92. The molecule has 32 heavy (non-hydrogen) atoms. The molecule has 0 aromatic heterocycles. The molecule has 0 saturated carbocycles. The molecule has 0 bridgehead atoms. The van der Waals surface area contributed by atoms with E-state index >= 15 is 0 Å². The fourth-order valence-electron chi connectivity index (χ4n) is 5.16. The van der Waals surface area contributed by atoms with Crippen LogP contribution in [0.5, 0.6) is 0 Å². The zero-order valence-corrected chi connectivity index (χ0v) is 20.1. The Morgan fingerprint density at radius 1 is 0.906 bits per heavy atom. The van der Waals surface area contributed by atoms with Gasteiger partial charge in [-0.05, 0) is 57.2 Å². The fraction of sp³-hybridized carbons (Fsp3) is 0.704. The maximum Gasteiger partial charge on any atom is 0.223 e. The number of rotatable bonds is 11. The Bertz CT molecular complexity index is 677. The zero-order valence-electron chi connectivity index (χ0n) is 20.1. The van der Waals surface area contributed by atoms with Crippen LogP contribution in [0.4, 0.5) is 0 Å². The predicted octanol–water partition coefficient (Wildman–Crippen LogP) is 4.41. The van der Waals surface area contributed by atoms with Gasteiger partial charge in [0.15, 0.2) is 0 Å². The Balaban J connectivity index is 1.28. The summed E-state index contributed by atoms with van der Waals surface area (Å²) >= 11 is 0. The molecule has 2 fully saturated rings. The van der Waals surface area contributed by atoms with Gasteiger partial charge >= 0.3 is 0 Å². The van der Waals surface area contributed by atoms with Gasteiger partial charge in [0.2, 0.25) is 11.8 Å². The molecular weight excluding hydrogens is 398 g/mol. The van der Waals surface area contributed by atoms with Gasteiger partial charge in [0, 0.05) is 38.0 Å². The monoisotopic (exact) mass is 441 g/mol. The number of piperidine rings is 2. The molecule has 2 saturated heterocycles. The van der Waals surface area contributed by atoms with Crippen molar-refractivity contribution in [3.8, 4) is 0 Å². The molecule has 0 unspecified atom stereocenters. The van der Waals surface area contributed by atoms with E-state index in [-0.39, 0.29) is 11.8 Å². The second kappa shape index (κ2) is 13.6. The molecule has 2 heterocycles. The number of nitrogens with zero attached hydrogens (tertiary/aromatic N) is 2. The first kappa shape index (κ1) is 24.8. The molecule has 0 aliphatic carbocycles. The standard InChI is InChI=1S/C27H43N3O2/c1-2-3-4-5-9-12-26(31)30-21-16-25(17-22-30)29-19-14-24(15-20-29)27(32)28-18-13-23-10-7-6-8-11-23/h6-8,10-11,24-25H,2-5,9,12-22H2,1H3,(H,28,32). The van der Waals surface area contributed by atoms with E-state index < -0.39 is 0 Å². The van der Waals surface area contributed by atoms with E-state index in [4.69, 9.17) is 0 Å². The van der Waals surface area contributed by atoms with Crippen LogP contribution < -0.4 is 5.32 Å². The van der Waals surface area contributed by atoms with Gasteiger partial charge in [-0.1, -0.05) is 62.9 Å². The van der Waals surface area contributed by atoms with Crippen LogP contribution in [0.1, 0.15) is 76.7 Å². The van der Waals surface area contributed by atoms with E-state index in [9.17, 15) is 9.59 Å². The fourth-order valence-corrected chi connectivity index (χ4v) is 5.16. The Kier molecular flexibility index (Phi) is 10.5. The third kappa shape index (κ3) is 7.91. The molecule has 178 valence electrons. The van der Waals surface area contributed by atoms with Gasteiger partial charge in [-0.25, -0.2) is 0 Å². The van der Waals surface area contributed by atoms with Crippen LogP contribution in [0.15, 0.2) is 30.3 Å². The van der Waals surface area contributed by atoms with Crippen LogP contribution in [0.2, 0.25) is 0 Å². The largest absolute Gasteiger partial charge is 0.356 e. The molecule has 1 aromatic carbocycles. The first-order chi connectivity index (χ1) is 15.7. The summed E-state index contributed by atoms with van der Waals surface area (Å²) in [5, 5.41) is 3.14. The zero-order chi connectivity index (χ0) is 22.6. The van der Waals surface area contributed by atoms with Crippen molar-refractivity contribution in [2.45, 2.75) is 83.6 Å². The van der Waals surface area contributed by atoms with Gasteiger partial charge in [0.05, 0.1) is 0 Å². The maximum absolute atomic E-state index is 12.6. The highest BCUT2D eigenvalue weighted by molar-refractivity contribution is 5.78. The van der Waals surface area contributed by atoms with Crippen LogP contribution >= 0.6 is 0 Å². The molecule has 2 amide bonds. The van der Waals surface area contributed by atoms with Crippen molar-refractivity contribution in [2.75, 3.05) is 32.7 Å². The highest BCUT2D eigenvalue weighted by Crippen LogP contribution is 2.24. The second-order valence-electron chi connectivity index (χ2n) is 9.61. The molecule has 3 rings (SSSR count). The third-order valence-corrected chi connectivity index (χ3v) is 7.28. The third-order valence-electron chi connectivity index (χ3n) is 7.28. The van der Waals surface area contributed by atoms with E-state index in [0.29, 0.717) is 18.5 Å². The average Bonchev–Trinajstić information content (AvgIpc) is 2.84. The second-order valence-corrected chi connectivity index (χ2v) is 9.61. The summed E-state index contributed by atoms with van der Waals surface area (Å²) < 4.78 is 0. The number of hydrogen-bond donors (Lipinski definition) is 1. The van der Waals surface area contributed by atoms with Gasteiger partial charge in [0.1, 0.15) is 0 Å². The minimum atomic E-state index is 0.149. The van der Waals surface area contributed by atoms with Gasteiger partial charge in [-0.3, -0.25) is 9.59 Å². The summed E-state index contributed by atoms with van der Waals surface area (Å²) in [6, 6.07) is 10.9. The molecule has 0 spiro atoms. The quantitative estimate of drug-likeness (QED) is 0.518. The SMILES string of the molecule is CCCCCCCC(=O)N1CCC(N2CCC(C(=O)NCCc3ccccc3)CC2)CC1. The minimum absolute atomic E-state index is 0.149. The number of hydrogen-bond acceptors (Lipinski definition) is 3. The van der Waals surface area contributed by atoms with Crippen LogP contribution in [0, 0.1) is 5.92 Å². The van der Waals surface area contributed by atoms with Crippen molar-refractivity contribution in [1.82, 2.24) is 15.1 Å². The van der Waals surface area contributed by atoms with Crippen LogP contribution in [-0.2, 0) is 16.0 Å². The summed E-state index contributed by atoms with van der Waals surface area (Å²) in [5.74, 6) is 0.724. The summed E-state index contributed by atoms with van der Waals surface area (Å²) in [6.07, 6.45) is 11.7. The molecule has 2 aliphatic rings. The van der Waals surface area contributed by atoms with E-state index in [1.165, 1.54) is 31.2 Å². The Labute approximate surface area is 194 Å². The van der Waals surface area contributed by atoms with Crippen molar-refractivity contribution in [1.29, 1.82) is 0 Å². The summed E-state index contributed by atoms with van der Waals surface area (Å²) in [4.78, 5) is 29.7. The lowest BCUT2D eigenvalue weighted by molar-refractivity contribution is -0.133. The van der Waals surface area contributed by atoms with Crippen molar-refractivity contribution < 1.29 is 9.59 Å². The van der Waals surface area contributed by atoms with Crippen LogP contribution in [0.3, 0.4) is 0 Å². The van der Waals surface area contributed by atoms with Gasteiger partial charge in [0.25, 0.3) is 0 Å². The molecule has 0 atom stereocenters. The Hall–Kier alpha value is -1.88. The molecule has 1 aromatic rings. The normalized spacial score (nSPS) is 18.6. The van der Waals surface area contributed by atoms with Crippen LogP contribution in [0.25, 0.3) is 0 Å². The minimum Gasteiger partial charge on any atom is -0.356 e. The number of likely N-dealkylation sites (tertiary alicyclic amines) is 2. The van der Waals surface area contributed by atoms with E-state index in [2.05, 4.69) is 34.2 Å². The highest BCUT2D eigenvalue weighted by atomic mass is 16.2. The summed E-state index contributed by atoms with van der Waals surface area (Å²) in [5.41, 5.74) is 1.27. The molecule has 2 aliphatic heterocycles. The molecule has 0 radical (unpaired) electrons. The van der Waals surface area contributed by atoms with Crippen molar-refractivity contribution >= 4 is 11.8 Å². The van der Waals surface area contributed by atoms with E-state index in [1.807, 2.05) is 18.2 Å². The van der Waals surface area contributed by atoms with Crippen molar-refractivity contribution in [2.24, 2.45) is 5.92 Å². The highest BCUT2D eigenvalue weighted by Gasteiger charge is 2.31. The van der Waals surface area contributed by atoms with Crippen LogP contribution in [-0.4, -0.2) is 60.4 Å². The first-order valence-electron chi connectivity index (χ1n) is 13.0. The van der Waals surface area contributed by atoms with Gasteiger partial charge in [-0.2, -0.15) is 0 Å². The van der Waals surface area contributed by atoms with Gasteiger partial charge in [-0.15, -0.1) is 0 Å². The number of carbonyl (C=O) groups excluding carboxylic acids is 2. The summed E-state index contributed by atoms with van der Waals surface area (Å²) in [6.45, 7) is 6.75. The lowest BCUT2D eigenvalue weighted by Crippen LogP contribution is -2.50. The van der Waals surface area contributed by atoms with E-state index in [0.717, 1.165) is 71.1 Å². The predicted molar refractivity (Wildman–Crippen MR) is 130 cm³/mol. The molecule has 5 nitrogen and oxygen atoms in total. The molecule has 5 heteroatoms.